The van der Waals surface area contributed by atoms with Crippen molar-refractivity contribution in [3.8, 4) is 0 Å². The van der Waals surface area contributed by atoms with Crippen LogP contribution in [0, 0.1) is 12.8 Å². The normalized spacial score (nSPS) is 16.9. The van der Waals surface area contributed by atoms with Gasteiger partial charge in [-0.05, 0) is 37.8 Å². The van der Waals surface area contributed by atoms with E-state index >= 15 is 0 Å². The third kappa shape index (κ3) is 4.34. The summed E-state index contributed by atoms with van der Waals surface area (Å²) in [5.41, 5.74) is 1.22. The summed E-state index contributed by atoms with van der Waals surface area (Å²) in [6, 6.07) is 8.34. The Balaban J connectivity index is 1.90. The minimum absolute atomic E-state index is 0.0121. The molecule has 138 valence electrons. The number of alkyl halides is 2. The third-order valence-electron chi connectivity index (χ3n) is 4.60. The van der Waals surface area contributed by atoms with E-state index in [9.17, 15) is 4.79 Å². The number of nitrogens with zero attached hydrogens (tertiary/aromatic N) is 2. The van der Waals surface area contributed by atoms with E-state index in [1.165, 1.54) is 0 Å². The zero-order valence-corrected chi connectivity index (χ0v) is 16.0. The Morgan fingerprint density at radius 3 is 2.42 bits per heavy atom. The summed E-state index contributed by atoms with van der Waals surface area (Å²) in [7, 11) is 0. The van der Waals surface area contributed by atoms with Crippen LogP contribution in [0.5, 0.6) is 0 Å². The molecule has 26 heavy (non-hydrogen) atoms. The van der Waals surface area contributed by atoms with Gasteiger partial charge in [-0.15, -0.1) is 0 Å². The van der Waals surface area contributed by atoms with Crippen molar-refractivity contribution in [2.75, 3.05) is 13.2 Å². The Labute approximate surface area is 163 Å². The molecule has 1 fully saturated rings. The molecule has 1 aliphatic heterocycles. The largest absolute Gasteiger partial charge is 0.381 e. The highest BCUT2D eigenvalue weighted by molar-refractivity contribution is 6.49. The van der Waals surface area contributed by atoms with E-state index in [-0.39, 0.29) is 11.8 Å². The van der Waals surface area contributed by atoms with Gasteiger partial charge in [-0.2, -0.15) is 0 Å². The topological polar surface area (TPSA) is 64.1 Å². The molecule has 7 heteroatoms. The van der Waals surface area contributed by atoms with Crippen LogP contribution in [-0.2, 0) is 4.74 Å². The molecule has 2 heterocycles. The van der Waals surface area contributed by atoms with Crippen LogP contribution >= 0.6 is 23.2 Å². The Morgan fingerprint density at radius 1 is 1.19 bits per heavy atom. The van der Waals surface area contributed by atoms with Crippen molar-refractivity contribution >= 4 is 29.1 Å². The summed E-state index contributed by atoms with van der Waals surface area (Å²) in [5, 5.41) is 2.98. The van der Waals surface area contributed by atoms with E-state index < -0.39 is 10.4 Å². The van der Waals surface area contributed by atoms with E-state index in [2.05, 4.69) is 15.3 Å². The summed E-state index contributed by atoms with van der Waals surface area (Å²) in [6.07, 6.45) is 4.79. The first-order chi connectivity index (χ1) is 12.5. The average molecular weight is 394 g/mol. The van der Waals surface area contributed by atoms with Gasteiger partial charge in [0.1, 0.15) is 10.2 Å². The minimum Gasteiger partial charge on any atom is -0.381 e. The molecule has 3 rings (SSSR count). The molecule has 5 nitrogen and oxygen atoms in total. The predicted octanol–water partition coefficient (Wildman–Crippen LogP) is 3.86. The molecule has 2 aromatic rings. The van der Waals surface area contributed by atoms with Crippen molar-refractivity contribution < 1.29 is 9.53 Å². The van der Waals surface area contributed by atoms with Crippen molar-refractivity contribution in [1.82, 2.24) is 15.3 Å². The molecule has 0 spiro atoms. The van der Waals surface area contributed by atoms with E-state index in [4.69, 9.17) is 27.9 Å². The standard InChI is InChI=1S/C19H21Cl2N3O2/c1-13-22-11-15(12-23-13)17(19(20,21)16-7-9-26-10-8-16)24-18(25)14-5-3-2-4-6-14/h2-6,11-12,16-17H,7-10H2,1H3,(H,24,25). The van der Waals surface area contributed by atoms with Crippen LogP contribution in [0.2, 0.25) is 0 Å². The maximum Gasteiger partial charge on any atom is 0.251 e. The van der Waals surface area contributed by atoms with Crippen LogP contribution < -0.4 is 5.32 Å². The van der Waals surface area contributed by atoms with Gasteiger partial charge in [0, 0.05) is 36.7 Å². The number of amides is 1. The van der Waals surface area contributed by atoms with Gasteiger partial charge in [0.2, 0.25) is 0 Å². The molecule has 0 bridgehead atoms. The zero-order chi connectivity index (χ0) is 18.6. The summed E-state index contributed by atoms with van der Waals surface area (Å²) in [4.78, 5) is 21.2. The second-order valence-corrected chi connectivity index (χ2v) is 7.84. The fraction of sp³-hybridized carbons (Fsp3) is 0.421. The Kier molecular flexibility index (Phi) is 6.12. The Hall–Kier alpha value is -1.69. The number of carbonyl (C=O) groups is 1. The molecule has 1 aromatic heterocycles. The van der Waals surface area contributed by atoms with Crippen LogP contribution in [0.1, 0.15) is 40.6 Å². The smallest absolute Gasteiger partial charge is 0.251 e. The van der Waals surface area contributed by atoms with Crippen molar-refractivity contribution in [3.63, 3.8) is 0 Å². The first-order valence-corrected chi connectivity index (χ1v) is 9.34. The van der Waals surface area contributed by atoms with Gasteiger partial charge < -0.3 is 10.1 Å². The van der Waals surface area contributed by atoms with Gasteiger partial charge in [-0.1, -0.05) is 41.4 Å². The molecule has 0 radical (unpaired) electrons. The summed E-state index contributed by atoms with van der Waals surface area (Å²) < 4.78 is 4.22. The third-order valence-corrected chi connectivity index (χ3v) is 5.65. The van der Waals surface area contributed by atoms with Crippen LogP contribution in [0.3, 0.4) is 0 Å². The molecule has 1 aromatic carbocycles. The van der Waals surface area contributed by atoms with Crippen LogP contribution in [0.4, 0.5) is 0 Å². The second-order valence-electron chi connectivity index (χ2n) is 6.40. The fourth-order valence-corrected chi connectivity index (χ4v) is 3.87. The van der Waals surface area contributed by atoms with Gasteiger partial charge in [0.25, 0.3) is 5.91 Å². The van der Waals surface area contributed by atoms with Gasteiger partial charge in [-0.25, -0.2) is 9.97 Å². The summed E-state index contributed by atoms with van der Waals surface area (Å²) in [5.74, 6) is 0.388. The molecule has 1 amide bonds. The molecule has 1 aliphatic rings. The Morgan fingerprint density at radius 2 is 1.81 bits per heavy atom. The number of halogens is 2. The maximum atomic E-state index is 12.7. The highest BCUT2D eigenvalue weighted by Gasteiger charge is 2.45. The molecule has 1 N–H and O–H groups in total. The average Bonchev–Trinajstić information content (AvgIpc) is 2.68. The van der Waals surface area contributed by atoms with Crippen molar-refractivity contribution in [3.05, 3.63) is 59.7 Å². The molecule has 1 unspecified atom stereocenters. The van der Waals surface area contributed by atoms with Gasteiger partial charge in [0.05, 0.1) is 6.04 Å². The number of hydrogen-bond acceptors (Lipinski definition) is 4. The monoisotopic (exact) mass is 393 g/mol. The van der Waals surface area contributed by atoms with E-state index in [0.717, 1.165) is 12.8 Å². The van der Waals surface area contributed by atoms with E-state index in [0.29, 0.717) is 30.2 Å². The number of aryl methyl sites for hydroxylation is 1. The lowest BCUT2D eigenvalue weighted by Crippen LogP contribution is -2.45. The molecular weight excluding hydrogens is 373 g/mol. The second kappa shape index (κ2) is 8.33. The quantitative estimate of drug-likeness (QED) is 0.783. The van der Waals surface area contributed by atoms with E-state index in [1.54, 1.807) is 31.5 Å². The number of rotatable bonds is 5. The zero-order valence-electron chi connectivity index (χ0n) is 14.5. The number of ether oxygens (including phenoxy) is 1. The lowest BCUT2D eigenvalue weighted by Gasteiger charge is -2.38. The molecule has 0 aliphatic carbocycles. The van der Waals surface area contributed by atoms with Crippen LogP contribution in [-0.4, -0.2) is 33.4 Å². The highest BCUT2D eigenvalue weighted by Crippen LogP contribution is 2.46. The van der Waals surface area contributed by atoms with Gasteiger partial charge in [-0.3, -0.25) is 4.79 Å². The molecule has 1 atom stereocenters. The van der Waals surface area contributed by atoms with Crippen molar-refractivity contribution in [1.29, 1.82) is 0 Å². The van der Waals surface area contributed by atoms with E-state index in [1.807, 2.05) is 18.2 Å². The number of nitrogens with one attached hydrogen (secondary N) is 1. The predicted molar refractivity (Wildman–Crippen MR) is 101 cm³/mol. The molecule has 1 saturated heterocycles. The fourth-order valence-electron chi connectivity index (χ4n) is 3.08. The lowest BCUT2D eigenvalue weighted by atomic mass is 9.88. The first kappa shape index (κ1) is 19.1. The summed E-state index contributed by atoms with van der Waals surface area (Å²) in [6.45, 7) is 3.01. The minimum atomic E-state index is -1.20. The molecule has 0 saturated carbocycles. The van der Waals surface area contributed by atoms with Gasteiger partial charge >= 0.3 is 0 Å². The van der Waals surface area contributed by atoms with Crippen molar-refractivity contribution in [2.24, 2.45) is 5.92 Å². The number of carbonyl (C=O) groups excluding carboxylic acids is 1. The Bertz CT molecular complexity index is 732. The summed E-state index contributed by atoms with van der Waals surface area (Å²) >= 11 is 13.7. The lowest BCUT2D eigenvalue weighted by molar-refractivity contribution is 0.0564. The highest BCUT2D eigenvalue weighted by atomic mass is 35.5. The van der Waals surface area contributed by atoms with Crippen LogP contribution in [0.25, 0.3) is 0 Å². The number of benzene rings is 1. The molecular formula is C19H21Cl2N3O2. The SMILES string of the molecule is Cc1ncc(C(NC(=O)c2ccccc2)C(Cl)(Cl)C2CCOCC2)cn1. The number of hydrogen-bond donors (Lipinski definition) is 1. The maximum absolute atomic E-state index is 12.7. The first-order valence-electron chi connectivity index (χ1n) is 8.58. The van der Waals surface area contributed by atoms with Crippen LogP contribution in [0.15, 0.2) is 42.7 Å². The van der Waals surface area contributed by atoms with Crippen molar-refractivity contribution in [2.45, 2.75) is 30.1 Å². The number of aromatic nitrogens is 2. The van der Waals surface area contributed by atoms with Gasteiger partial charge in [0.15, 0.2) is 0 Å².